The van der Waals surface area contributed by atoms with Crippen LogP contribution in [0.2, 0.25) is 0 Å². The van der Waals surface area contributed by atoms with Crippen LogP contribution >= 0.6 is 0 Å². The molecule has 0 unspecified atom stereocenters. The first kappa shape index (κ1) is 5.68. The number of hydrogen-bond donors (Lipinski definition) is 1. The van der Waals surface area contributed by atoms with Gasteiger partial charge in [0.2, 0.25) is 0 Å². The lowest BCUT2D eigenvalue weighted by atomic mass is 10.3. The summed E-state index contributed by atoms with van der Waals surface area (Å²) in [6, 6.07) is 1.78. The third-order valence-electron chi connectivity index (χ3n) is 1.63. The Kier molecular flexibility index (Phi) is 1.11. The number of carbonyl (C=O) groups excluding carboxylic acids is 1. The van der Waals surface area contributed by atoms with Gasteiger partial charge in [-0.1, -0.05) is 0 Å². The monoisotopic (exact) mass is 137 g/mol. The first-order chi connectivity index (χ1) is 4.90. The number of aldehydes is 1. The van der Waals surface area contributed by atoms with Crippen LogP contribution in [0.5, 0.6) is 0 Å². The van der Waals surface area contributed by atoms with Crippen molar-refractivity contribution in [2.24, 2.45) is 0 Å². The fourth-order valence-corrected chi connectivity index (χ4v) is 1.16. The molecule has 1 aromatic heterocycles. The van der Waals surface area contributed by atoms with Gasteiger partial charge in [0, 0.05) is 12.1 Å². The van der Waals surface area contributed by atoms with Crippen LogP contribution in [-0.4, -0.2) is 6.29 Å². The highest BCUT2D eigenvalue weighted by atomic mass is 16.3. The second kappa shape index (κ2) is 1.95. The van der Waals surface area contributed by atoms with Crippen LogP contribution in [0.15, 0.2) is 10.5 Å². The lowest BCUT2D eigenvalue weighted by molar-refractivity contribution is 0.109. The fourth-order valence-electron chi connectivity index (χ4n) is 1.16. The lowest BCUT2D eigenvalue weighted by Crippen LogP contribution is -2.01. The van der Waals surface area contributed by atoms with Gasteiger partial charge in [0.05, 0.1) is 6.54 Å². The Morgan fingerprint density at radius 2 is 2.50 bits per heavy atom. The van der Waals surface area contributed by atoms with Crippen LogP contribution in [0.25, 0.3) is 0 Å². The van der Waals surface area contributed by atoms with Crippen molar-refractivity contribution in [1.82, 2.24) is 5.32 Å². The summed E-state index contributed by atoms with van der Waals surface area (Å²) in [4.78, 5) is 10.2. The van der Waals surface area contributed by atoms with E-state index in [1.54, 1.807) is 6.07 Å². The zero-order valence-corrected chi connectivity index (χ0v) is 5.39. The minimum atomic E-state index is 0.437. The number of nitrogens with one attached hydrogen (secondary N) is 1. The van der Waals surface area contributed by atoms with E-state index in [0.717, 1.165) is 30.7 Å². The molecule has 1 aromatic rings. The van der Waals surface area contributed by atoms with Crippen molar-refractivity contribution >= 4 is 6.29 Å². The smallest absolute Gasteiger partial charge is 0.185 e. The van der Waals surface area contributed by atoms with Crippen molar-refractivity contribution in [2.45, 2.75) is 13.1 Å². The number of hydrogen-bond acceptors (Lipinski definition) is 3. The van der Waals surface area contributed by atoms with Gasteiger partial charge >= 0.3 is 0 Å². The van der Waals surface area contributed by atoms with E-state index in [2.05, 4.69) is 5.32 Å². The van der Waals surface area contributed by atoms with Crippen molar-refractivity contribution in [3.63, 3.8) is 0 Å². The predicted octanol–water partition coefficient (Wildman–Crippen LogP) is 0.695. The lowest BCUT2D eigenvalue weighted by Gasteiger charge is -1.85. The van der Waals surface area contributed by atoms with E-state index in [1.165, 1.54) is 0 Å². The molecule has 0 radical (unpaired) electrons. The molecular formula is C7H7NO2. The Morgan fingerprint density at radius 3 is 3.20 bits per heavy atom. The van der Waals surface area contributed by atoms with Crippen LogP contribution < -0.4 is 5.32 Å². The molecule has 1 N–H and O–H groups in total. The predicted molar refractivity (Wildman–Crippen MR) is 34.6 cm³/mol. The second-order valence-corrected chi connectivity index (χ2v) is 2.32. The van der Waals surface area contributed by atoms with Gasteiger partial charge in [-0.05, 0) is 6.07 Å². The molecule has 1 aliphatic rings. The third kappa shape index (κ3) is 0.675. The number of furan rings is 1. The van der Waals surface area contributed by atoms with E-state index in [1.807, 2.05) is 0 Å². The molecule has 0 aliphatic carbocycles. The quantitative estimate of drug-likeness (QED) is 0.579. The van der Waals surface area contributed by atoms with Gasteiger partial charge < -0.3 is 9.73 Å². The fraction of sp³-hybridized carbons (Fsp3) is 0.286. The maximum absolute atomic E-state index is 10.2. The third-order valence-corrected chi connectivity index (χ3v) is 1.63. The SMILES string of the molecule is O=Cc1cc2c(o1)CNC2. The van der Waals surface area contributed by atoms with Gasteiger partial charge in [0.1, 0.15) is 5.76 Å². The summed E-state index contributed by atoms with van der Waals surface area (Å²) in [6.45, 7) is 1.58. The largest absolute Gasteiger partial charge is 0.457 e. The maximum atomic E-state index is 10.2. The molecule has 3 nitrogen and oxygen atoms in total. The highest BCUT2D eigenvalue weighted by Crippen LogP contribution is 2.18. The van der Waals surface area contributed by atoms with Crippen LogP contribution in [0.3, 0.4) is 0 Å². The molecule has 0 amide bonds. The molecule has 0 spiro atoms. The van der Waals surface area contributed by atoms with Gasteiger partial charge in [-0.25, -0.2) is 0 Å². The van der Waals surface area contributed by atoms with E-state index in [-0.39, 0.29) is 0 Å². The molecule has 2 heterocycles. The van der Waals surface area contributed by atoms with E-state index in [9.17, 15) is 4.79 Å². The molecule has 0 aromatic carbocycles. The Hall–Kier alpha value is -1.09. The minimum Gasteiger partial charge on any atom is -0.457 e. The van der Waals surface area contributed by atoms with Gasteiger partial charge in [-0.3, -0.25) is 4.79 Å². The number of carbonyl (C=O) groups is 1. The first-order valence-electron chi connectivity index (χ1n) is 3.17. The van der Waals surface area contributed by atoms with Crippen LogP contribution in [0.1, 0.15) is 21.9 Å². The molecule has 3 heteroatoms. The molecule has 0 atom stereocenters. The van der Waals surface area contributed by atoms with Gasteiger partial charge in [0.25, 0.3) is 0 Å². The highest BCUT2D eigenvalue weighted by molar-refractivity contribution is 5.71. The van der Waals surface area contributed by atoms with Crippen molar-refractivity contribution in [3.05, 3.63) is 23.2 Å². The van der Waals surface area contributed by atoms with Gasteiger partial charge in [0.15, 0.2) is 12.0 Å². The molecule has 0 fully saturated rings. The normalized spacial score (nSPS) is 15.2. The summed E-state index contributed by atoms with van der Waals surface area (Å²) in [5.41, 5.74) is 1.11. The van der Waals surface area contributed by atoms with Crippen LogP contribution in [0, 0.1) is 0 Å². The van der Waals surface area contributed by atoms with Crippen molar-refractivity contribution < 1.29 is 9.21 Å². The first-order valence-corrected chi connectivity index (χ1v) is 3.17. The van der Waals surface area contributed by atoms with Crippen LogP contribution in [0.4, 0.5) is 0 Å². The maximum Gasteiger partial charge on any atom is 0.185 e. The zero-order valence-electron chi connectivity index (χ0n) is 5.39. The summed E-state index contributed by atoms with van der Waals surface area (Å²) >= 11 is 0. The van der Waals surface area contributed by atoms with Crippen molar-refractivity contribution in [2.75, 3.05) is 0 Å². The Morgan fingerprint density at radius 1 is 1.60 bits per heavy atom. The molecule has 10 heavy (non-hydrogen) atoms. The molecular weight excluding hydrogens is 130 g/mol. The van der Waals surface area contributed by atoms with Crippen LogP contribution in [-0.2, 0) is 13.1 Å². The van der Waals surface area contributed by atoms with E-state index in [4.69, 9.17) is 4.42 Å². The topological polar surface area (TPSA) is 42.2 Å². The van der Waals surface area contributed by atoms with E-state index in [0.29, 0.717) is 5.76 Å². The Labute approximate surface area is 58.0 Å². The summed E-state index contributed by atoms with van der Waals surface area (Å²) in [5, 5.41) is 3.11. The molecule has 0 bridgehead atoms. The van der Waals surface area contributed by atoms with Gasteiger partial charge in [-0.2, -0.15) is 0 Å². The minimum absolute atomic E-state index is 0.437. The van der Waals surface area contributed by atoms with E-state index < -0.39 is 0 Å². The molecule has 2 rings (SSSR count). The molecule has 1 aliphatic heterocycles. The highest BCUT2D eigenvalue weighted by Gasteiger charge is 2.14. The van der Waals surface area contributed by atoms with Crippen molar-refractivity contribution in [3.8, 4) is 0 Å². The van der Waals surface area contributed by atoms with E-state index >= 15 is 0 Å². The molecule has 52 valence electrons. The Bertz CT molecular complexity index is 243. The summed E-state index contributed by atoms with van der Waals surface area (Å²) < 4.78 is 5.14. The average Bonchev–Trinajstić information content (AvgIpc) is 2.42. The summed E-state index contributed by atoms with van der Waals surface area (Å²) in [6.07, 6.45) is 0.734. The number of rotatable bonds is 1. The van der Waals surface area contributed by atoms with Crippen molar-refractivity contribution in [1.29, 1.82) is 0 Å². The molecule has 0 saturated heterocycles. The zero-order chi connectivity index (χ0) is 6.97. The Balaban J connectivity index is 2.46. The molecule has 0 saturated carbocycles. The summed E-state index contributed by atoms with van der Waals surface area (Å²) in [5.74, 6) is 1.34. The average molecular weight is 137 g/mol. The number of fused-ring (bicyclic) bond motifs is 1. The second-order valence-electron chi connectivity index (χ2n) is 2.32. The summed E-state index contributed by atoms with van der Waals surface area (Å²) in [7, 11) is 0. The standard InChI is InChI=1S/C7H7NO2/c9-4-6-1-5-2-8-3-7(5)10-6/h1,4,8H,2-3H2. The van der Waals surface area contributed by atoms with Gasteiger partial charge in [-0.15, -0.1) is 0 Å².